The van der Waals surface area contributed by atoms with Crippen molar-refractivity contribution in [1.29, 1.82) is 0 Å². The van der Waals surface area contributed by atoms with Gasteiger partial charge in [-0.05, 0) is 49.2 Å². The van der Waals surface area contributed by atoms with E-state index in [1.165, 1.54) is 23.3 Å². The van der Waals surface area contributed by atoms with Gasteiger partial charge in [-0.2, -0.15) is 0 Å². The van der Waals surface area contributed by atoms with Crippen molar-refractivity contribution < 1.29 is 4.79 Å². The van der Waals surface area contributed by atoms with Gasteiger partial charge in [0.2, 0.25) is 5.91 Å². The lowest BCUT2D eigenvalue weighted by molar-refractivity contribution is -0.130. The molecule has 1 aromatic heterocycles. The van der Waals surface area contributed by atoms with Crippen LogP contribution in [0.15, 0.2) is 11.4 Å². The average Bonchev–Trinajstić information content (AvgIpc) is 2.81. The first kappa shape index (κ1) is 15.5. The number of aryl methyl sites for hydroxylation is 1. The zero-order valence-electron chi connectivity index (χ0n) is 12.9. The van der Waals surface area contributed by atoms with Gasteiger partial charge in [-0.25, -0.2) is 0 Å². The number of carbonyl (C=O) groups is 1. The summed E-state index contributed by atoms with van der Waals surface area (Å²) < 4.78 is 0. The first-order valence-corrected chi connectivity index (χ1v) is 8.43. The fourth-order valence-electron chi connectivity index (χ4n) is 2.80. The van der Waals surface area contributed by atoms with Gasteiger partial charge in [-0.1, -0.05) is 6.92 Å². The van der Waals surface area contributed by atoms with Crippen LogP contribution >= 0.6 is 11.3 Å². The molecular formula is C16H26N2OS. The number of rotatable bonds is 5. The zero-order valence-corrected chi connectivity index (χ0v) is 13.7. The fourth-order valence-corrected chi connectivity index (χ4v) is 3.76. The van der Waals surface area contributed by atoms with E-state index in [9.17, 15) is 4.79 Å². The minimum absolute atomic E-state index is 0.260. The Kier molecular flexibility index (Phi) is 5.61. The van der Waals surface area contributed by atoms with E-state index in [4.69, 9.17) is 0 Å². The van der Waals surface area contributed by atoms with Crippen molar-refractivity contribution in [1.82, 2.24) is 9.80 Å². The van der Waals surface area contributed by atoms with Crippen molar-refractivity contribution in [2.75, 3.05) is 26.7 Å². The van der Waals surface area contributed by atoms with Crippen LogP contribution < -0.4 is 0 Å². The summed E-state index contributed by atoms with van der Waals surface area (Å²) in [6.45, 7) is 8.39. The van der Waals surface area contributed by atoms with Gasteiger partial charge in [0, 0.05) is 31.4 Å². The highest BCUT2D eigenvalue weighted by molar-refractivity contribution is 7.10. The van der Waals surface area contributed by atoms with E-state index in [1.807, 2.05) is 11.9 Å². The molecule has 1 saturated heterocycles. The highest BCUT2D eigenvalue weighted by atomic mass is 32.1. The van der Waals surface area contributed by atoms with E-state index in [0.717, 1.165) is 32.1 Å². The first-order chi connectivity index (χ1) is 9.56. The van der Waals surface area contributed by atoms with Crippen LogP contribution in [0, 0.1) is 12.8 Å². The van der Waals surface area contributed by atoms with Crippen molar-refractivity contribution in [3.63, 3.8) is 0 Å². The molecule has 4 heteroatoms. The Labute approximate surface area is 126 Å². The maximum absolute atomic E-state index is 12.2. The first-order valence-electron chi connectivity index (χ1n) is 7.55. The molecule has 2 rings (SSSR count). The molecule has 0 N–H and O–H groups in total. The maximum atomic E-state index is 12.2. The summed E-state index contributed by atoms with van der Waals surface area (Å²) in [7, 11) is 1.92. The summed E-state index contributed by atoms with van der Waals surface area (Å²) in [6, 6.07) is 2.12. The molecule has 0 radical (unpaired) electrons. The molecule has 3 nitrogen and oxygen atoms in total. The monoisotopic (exact) mass is 294 g/mol. The van der Waals surface area contributed by atoms with Crippen LogP contribution in [0.5, 0.6) is 0 Å². The summed E-state index contributed by atoms with van der Waals surface area (Å²) in [5.74, 6) is 1.04. The van der Waals surface area contributed by atoms with Gasteiger partial charge in [-0.3, -0.25) is 4.79 Å². The second-order valence-electron chi connectivity index (χ2n) is 6.07. The Morgan fingerprint density at radius 2 is 2.35 bits per heavy atom. The molecule has 0 saturated carbocycles. The molecule has 20 heavy (non-hydrogen) atoms. The number of carbonyl (C=O) groups excluding carboxylic acids is 1. The van der Waals surface area contributed by atoms with Crippen LogP contribution in [0.3, 0.4) is 0 Å². The van der Waals surface area contributed by atoms with Gasteiger partial charge < -0.3 is 9.80 Å². The highest BCUT2D eigenvalue weighted by Crippen LogP contribution is 2.18. The number of amides is 1. The molecule has 0 aliphatic carbocycles. The van der Waals surface area contributed by atoms with Gasteiger partial charge in [0.05, 0.1) is 6.54 Å². The van der Waals surface area contributed by atoms with E-state index in [2.05, 4.69) is 30.2 Å². The van der Waals surface area contributed by atoms with Crippen molar-refractivity contribution >= 4 is 17.2 Å². The number of nitrogens with zero attached hydrogens (tertiary/aromatic N) is 2. The standard InChI is InChI=1S/C16H26N2OS/c1-13-5-4-8-18(11-13)9-6-16(19)17(3)12-15-14(2)7-10-20-15/h7,10,13H,4-6,8-9,11-12H2,1-3H3/t13-/m1/s1. The summed E-state index contributed by atoms with van der Waals surface area (Å²) in [4.78, 5) is 17.8. The largest absolute Gasteiger partial charge is 0.341 e. The van der Waals surface area contributed by atoms with Gasteiger partial charge >= 0.3 is 0 Å². The van der Waals surface area contributed by atoms with E-state index in [0.29, 0.717) is 6.42 Å². The molecule has 1 atom stereocenters. The van der Waals surface area contributed by atoms with Crippen LogP contribution in [0.4, 0.5) is 0 Å². The summed E-state index contributed by atoms with van der Waals surface area (Å²) in [5.41, 5.74) is 1.29. The minimum atomic E-state index is 0.260. The topological polar surface area (TPSA) is 23.6 Å². The Balaban J connectivity index is 1.75. The molecule has 1 amide bonds. The molecule has 112 valence electrons. The molecule has 1 aromatic rings. The molecule has 1 fully saturated rings. The third kappa shape index (κ3) is 4.32. The van der Waals surface area contributed by atoms with Crippen molar-refractivity contribution in [3.05, 3.63) is 21.9 Å². The van der Waals surface area contributed by atoms with Crippen molar-refractivity contribution in [2.45, 2.75) is 39.7 Å². The van der Waals surface area contributed by atoms with Crippen LogP contribution in [0.2, 0.25) is 0 Å². The molecule has 1 aliphatic rings. The number of hydrogen-bond acceptors (Lipinski definition) is 3. The Hall–Kier alpha value is -0.870. The van der Waals surface area contributed by atoms with E-state index in [-0.39, 0.29) is 5.91 Å². The van der Waals surface area contributed by atoms with Gasteiger partial charge in [0.1, 0.15) is 0 Å². The fraction of sp³-hybridized carbons (Fsp3) is 0.688. The molecule has 0 bridgehead atoms. The van der Waals surface area contributed by atoms with E-state index >= 15 is 0 Å². The van der Waals surface area contributed by atoms with Gasteiger partial charge in [0.25, 0.3) is 0 Å². The SMILES string of the molecule is Cc1ccsc1CN(C)C(=O)CCN1CCC[C@@H](C)C1. The number of thiophene rings is 1. The average molecular weight is 294 g/mol. The van der Waals surface area contributed by atoms with Crippen LogP contribution in [-0.4, -0.2) is 42.4 Å². The lowest BCUT2D eigenvalue weighted by Gasteiger charge is -2.31. The normalized spacial score (nSPS) is 20.1. The van der Waals surface area contributed by atoms with Crippen molar-refractivity contribution in [2.24, 2.45) is 5.92 Å². The smallest absolute Gasteiger partial charge is 0.223 e. The van der Waals surface area contributed by atoms with Crippen LogP contribution in [0.1, 0.15) is 36.6 Å². The number of likely N-dealkylation sites (tertiary alicyclic amines) is 1. The predicted molar refractivity (Wildman–Crippen MR) is 85.0 cm³/mol. The summed E-state index contributed by atoms with van der Waals surface area (Å²) >= 11 is 1.74. The third-order valence-electron chi connectivity index (χ3n) is 4.16. The second kappa shape index (κ2) is 7.23. The Morgan fingerprint density at radius 3 is 3.00 bits per heavy atom. The summed E-state index contributed by atoms with van der Waals surface area (Å²) in [6.07, 6.45) is 3.26. The van der Waals surface area contributed by atoms with Gasteiger partial charge in [-0.15, -0.1) is 11.3 Å². The quantitative estimate of drug-likeness (QED) is 0.833. The van der Waals surface area contributed by atoms with Crippen LogP contribution in [-0.2, 0) is 11.3 Å². The predicted octanol–water partition coefficient (Wildman–Crippen LogP) is 3.14. The highest BCUT2D eigenvalue weighted by Gasteiger charge is 2.18. The van der Waals surface area contributed by atoms with E-state index in [1.54, 1.807) is 11.3 Å². The van der Waals surface area contributed by atoms with Crippen LogP contribution in [0.25, 0.3) is 0 Å². The molecule has 0 aromatic carbocycles. The Bertz CT molecular complexity index is 443. The third-order valence-corrected chi connectivity index (χ3v) is 5.17. The molecule has 0 spiro atoms. The molecular weight excluding hydrogens is 268 g/mol. The molecule has 2 heterocycles. The number of hydrogen-bond donors (Lipinski definition) is 0. The van der Waals surface area contributed by atoms with E-state index < -0.39 is 0 Å². The minimum Gasteiger partial charge on any atom is -0.341 e. The van der Waals surface area contributed by atoms with Crippen molar-refractivity contribution in [3.8, 4) is 0 Å². The Morgan fingerprint density at radius 1 is 1.55 bits per heavy atom. The molecule has 1 aliphatic heterocycles. The zero-order chi connectivity index (χ0) is 14.5. The molecule has 0 unspecified atom stereocenters. The number of piperidine rings is 1. The second-order valence-corrected chi connectivity index (χ2v) is 7.08. The lowest BCUT2D eigenvalue weighted by Crippen LogP contribution is -2.37. The summed E-state index contributed by atoms with van der Waals surface area (Å²) in [5, 5.41) is 2.10. The van der Waals surface area contributed by atoms with Gasteiger partial charge in [0.15, 0.2) is 0 Å². The lowest BCUT2D eigenvalue weighted by atomic mass is 10.0. The maximum Gasteiger partial charge on any atom is 0.223 e.